The molecule has 5 heteroatoms. The molecular weight excluding hydrogens is 300 g/mol. The van der Waals surface area contributed by atoms with Crippen molar-refractivity contribution in [1.82, 2.24) is 0 Å². The Hall–Kier alpha value is -2.20. The summed E-state index contributed by atoms with van der Waals surface area (Å²) in [5, 5.41) is 3.33. The van der Waals surface area contributed by atoms with Crippen LogP contribution >= 0.6 is 11.6 Å². The number of nitrogen functional groups attached to an aromatic ring is 1. The van der Waals surface area contributed by atoms with Crippen molar-refractivity contribution in [1.29, 1.82) is 0 Å². The summed E-state index contributed by atoms with van der Waals surface area (Å²) in [6.07, 6.45) is 0.912. The molecule has 0 saturated carbocycles. The lowest BCUT2D eigenvalue weighted by molar-refractivity contribution is 0.102. The number of anilines is 2. The summed E-state index contributed by atoms with van der Waals surface area (Å²) in [6, 6.07) is 10.4. The summed E-state index contributed by atoms with van der Waals surface area (Å²) in [5.74, 6) is 0.415. The number of nitrogens with two attached hydrogens (primary N) is 1. The Morgan fingerprint density at radius 2 is 2.09 bits per heavy atom. The molecule has 0 heterocycles. The molecular formula is C17H19ClN2O2. The minimum atomic E-state index is -0.256. The standard InChI is InChI=1S/C17H19ClN2O2/c1-3-7-22-13-6-4-5-12(9-13)17(21)20-16-10-14(18)11(2)8-15(16)19/h4-6,8-10H,3,7,19H2,1-2H3,(H,20,21). The highest BCUT2D eigenvalue weighted by Gasteiger charge is 2.10. The van der Waals surface area contributed by atoms with E-state index < -0.39 is 0 Å². The molecule has 0 unspecified atom stereocenters. The second-order valence-electron chi connectivity index (χ2n) is 5.02. The molecule has 0 aliphatic heterocycles. The Bertz CT molecular complexity index is 686. The van der Waals surface area contributed by atoms with Crippen molar-refractivity contribution in [2.75, 3.05) is 17.7 Å². The van der Waals surface area contributed by atoms with E-state index in [0.29, 0.717) is 34.3 Å². The SMILES string of the molecule is CCCOc1cccc(C(=O)Nc2cc(Cl)c(C)cc2N)c1. The predicted molar refractivity (Wildman–Crippen MR) is 90.8 cm³/mol. The Kier molecular flexibility index (Phi) is 5.28. The smallest absolute Gasteiger partial charge is 0.255 e. The van der Waals surface area contributed by atoms with Gasteiger partial charge in [-0.05, 0) is 49.2 Å². The van der Waals surface area contributed by atoms with Gasteiger partial charge in [0.2, 0.25) is 0 Å². The topological polar surface area (TPSA) is 64.3 Å². The van der Waals surface area contributed by atoms with Crippen LogP contribution in [0.2, 0.25) is 5.02 Å². The second-order valence-corrected chi connectivity index (χ2v) is 5.43. The molecule has 2 aromatic carbocycles. The van der Waals surface area contributed by atoms with Gasteiger partial charge in [-0.2, -0.15) is 0 Å². The summed E-state index contributed by atoms with van der Waals surface area (Å²) in [4.78, 5) is 12.3. The van der Waals surface area contributed by atoms with Crippen LogP contribution in [-0.4, -0.2) is 12.5 Å². The largest absolute Gasteiger partial charge is 0.494 e. The molecule has 2 rings (SSSR count). The van der Waals surface area contributed by atoms with Gasteiger partial charge in [-0.3, -0.25) is 4.79 Å². The molecule has 116 valence electrons. The minimum absolute atomic E-state index is 0.256. The van der Waals surface area contributed by atoms with E-state index in [-0.39, 0.29) is 5.91 Å². The Labute approximate surface area is 135 Å². The van der Waals surface area contributed by atoms with Crippen molar-refractivity contribution in [3.8, 4) is 5.75 Å². The molecule has 0 atom stereocenters. The van der Waals surface area contributed by atoms with Gasteiger partial charge in [-0.15, -0.1) is 0 Å². The van der Waals surface area contributed by atoms with Crippen LogP contribution in [0.3, 0.4) is 0 Å². The lowest BCUT2D eigenvalue weighted by Gasteiger charge is -2.11. The molecule has 4 nitrogen and oxygen atoms in total. The number of nitrogens with one attached hydrogen (secondary N) is 1. The highest BCUT2D eigenvalue weighted by Crippen LogP contribution is 2.27. The zero-order valence-electron chi connectivity index (χ0n) is 12.7. The zero-order valence-corrected chi connectivity index (χ0v) is 13.4. The van der Waals surface area contributed by atoms with E-state index in [4.69, 9.17) is 22.1 Å². The monoisotopic (exact) mass is 318 g/mol. The lowest BCUT2D eigenvalue weighted by Crippen LogP contribution is -2.13. The second kappa shape index (κ2) is 7.18. The van der Waals surface area contributed by atoms with E-state index in [1.165, 1.54) is 0 Å². The molecule has 0 radical (unpaired) electrons. The molecule has 0 bridgehead atoms. The van der Waals surface area contributed by atoms with E-state index in [2.05, 4.69) is 5.32 Å². The first kappa shape index (κ1) is 16.2. The fraction of sp³-hybridized carbons (Fsp3) is 0.235. The molecule has 22 heavy (non-hydrogen) atoms. The van der Waals surface area contributed by atoms with Gasteiger partial charge in [0.25, 0.3) is 5.91 Å². The normalized spacial score (nSPS) is 10.3. The highest BCUT2D eigenvalue weighted by molar-refractivity contribution is 6.32. The quantitative estimate of drug-likeness (QED) is 0.809. The fourth-order valence-corrected chi connectivity index (χ4v) is 2.12. The lowest BCUT2D eigenvalue weighted by atomic mass is 10.1. The van der Waals surface area contributed by atoms with Crippen molar-refractivity contribution in [3.63, 3.8) is 0 Å². The summed E-state index contributed by atoms with van der Waals surface area (Å²) in [6.45, 7) is 4.50. The third kappa shape index (κ3) is 3.92. The van der Waals surface area contributed by atoms with Gasteiger partial charge in [0.15, 0.2) is 0 Å². The molecule has 0 fully saturated rings. The maximum Gasteiger partial charge on any atom is 0.255 e. The number of hydrogen-bond acceptors (Lipinski definition) is 3. The third-order valence-electron chi connectivity index (χ3n) is 3.15. The van der Waals surface area contributed by atoms with Crippen molar-refractivity contribution < 1.29 is 9.53 Å². The predicted octanol–water partition coefficient (Wildman–Crippen LogP) is 4.27. The van der Waals surface area contributed by atoms with Crippen LogP contribution in [0.5, 0.6) is 5.75 Å². The first-order valence-corrected chi connectivity index (χ1v) is 7.49. The van der Waals surface area contributed by atoms with Crippen molar-refractivity contribution in [2.24, 2.45) is 0 Å². The molecule has 0 aromatic heterocycles. The average Bonchev–Trinajstić information content (AvgIpc) is 2.50. The Morgan fingerprint density at radius 3 is 2.82 bits per heavy atom. The minimum Gasteiger partial charge on any atom is -0.494 e. The molecule has 3 N–H and O–H groups in total. The Morgan fingerprint density at radius 1 is 1.32 bits per heavy atom. The van der Waals surface area contributed by atoms with Crippen molar-refractivity contribution in [2.45, 2.75) is 20.3 Å². The van der Waals surface area contributed by atoms with Crippen molar-refractivity contribution in [3.05, 3.63) is 52.5 Å². The molecule has 0 aliphatic carbocycles. The van der Waals surface area contributed by atoms with Crippen LogP contribution in [-0.2, 0) is 0 Å². The van der Waals surface area contributed by atoms with E-state index in [9.17, 15) is 4.79 Å². The highest BCUT2D eigenvalue weighted by atomic mass is 35.5. The van der Waals surface area contributed by atoms with Crippen LogP contribution < -0.4 is 15.8 Å². The summed E-state index contributed by atoms with van der Waals surface area (Å²) < 4.78 is 5.53. The van der Waals surface area contributed by atoms with Gasteiger partial charge in [0, 0.05) is 10.6 Å². The maximum absolute atomic E-state index is 12.3. The molecule has 1 amide bonds. The van der Waals surface area contributed by atoms with Crippen LogP contribution in [0.15, 0.2) is 36.4 Å². The molecule has 0 saturated heterocycles. The number of aryl methyl sites for hydroxylation is 1. The van der Waals surface area contributed by atoms with Crippen LogP contribution in [0.25, 0.3) is 0 Å². The first-order chi connectivity index (χ1) is 10.5. The average molecular weight is 319 g/mol. The maximum atomic E-state index is 12.3. The summed E-state index contributed by atoms with van der Waals surface area (Å²) in [5.41, 5.74) is 8.27. The van der Waals surface area contributed by atoms with E-state index in [1.807, 2.05) is 19.9 Å². The first-order valence-electron chi connectivity index (χ1n) is 7.11. The number of carbonyl (C=O) groups is 1. The summed E-state index contributed by atoms with van der Waals surface area (Å²) in [7, 11) is 0. The van der Waals surface area contributed by atoms with Crippen LogP contribution in [0.4, 0.5) is 11.4 Å². The molecule has 2 aromatic rings. The zero-order chi connectivity index (χ0) is 16.1. The number of amides is 1. The fourth-order valence-electron chi connectivity index (χ4n) is 1.95. The van der Waals surface area contributed by atoms with E-state index >= 15 is 0 Å². The van der Waals surface area contributed by atoms with E-state index in [1.54, 1.807) is 30.3 Å². The van der Waals surface area contributed by atoms with Gasteiger partial charge in [-0.1, -0.05) is 24.6 Å². The van der Waals surface area contributed by atoms with Crippen LogP contribution in [0, 0.1) is 6.92 Å². The number of hydrogen-bond donors (Lipinski definition) is 2. The van der Waals surface area contributed by atoms with Gasteiger partial charge in [-0.25, -0.2) is 0 Å². The molecule has 0 spiro atoms. The number of benzene rings is 2. The Balaban J connectivity index is 2.17. The van der Waals surface area contributed by atoms with Crippen LogP contribution in [0.1, 0.15) is 29.3 Å². The van der Waals surface area contributed by atoms with Gasteiger partial charge >= 0.3 is 0 Å². The van der Waals surface area contributed by atoms with Crippen molar-refractivity contribution >= 4 is 28.9 Å². The van der Waals surface area contributed by atoms with Gasteiger partial charge < -0.3 is 15.8 Å². The molecule has 0 aliphatic rings. The number of halogens is 1. The van der Waals surface area contributed by atoms with E-state index in [0.717, 1.165) is 12.0 Å². The number of rotatable bonds is 5. The number of carbonyl (C=O) groups excluding carboxylic acids is 1. The summed E-state index contributed by atoms with van der Waals surface area (Å²) >= 11 is 6.07. The van der Waals surface area contributed by atoms with Gasteiger partial charge in [0.1, 0.15) is 5.75 Å². The third-order valence-corrected chi connectivity index (χ3v) is 3.56. The number of ether oxygens (including phenoxy) is 1. The van der Waals surface area contributed by atoms with Gasteiger partial charge in [0.05, 0.1) is 18.0 Å².